The minimum atomic E-state index is 0.148. The lowest BCUT2D eigenvalue weighted by atomic mass is 9.77. The molecule has 32 heavy (non-hydrogen) atoms. The van der Waals surface area contributed by atoms with Crippen LogP contribution in [0, 0.1) is 30.6 Å². The predicted molar refractivity (Wildman–Crippen MR) is 122 cm³/mol. The first-order valence-corrected chi connectivity index (χ1v) is 12.4. The Balaban J connectivity index is 1.51. The van der Waals surface area contributed by atoms with Crippen LogP contribution in [0.2, 0.25) is 0 Å². The van der Waals surface area contributed by atoms with Crippen molar-refractivity contribution in [1.29, 1.82) is 0 Å². The van der Waals surface area contributed by atoms with Crippen molar-refractivity contribution in [3.8, 4) is 0 Å². The van der Waals surface area contributed by atoms with Crippen LogP contribution in [0.5, 0.6) is 0 Å². The van der Waals surface area contributed by atoms with Crippen LogP contribution in [0.15, 0.2) is 4.52 Å². The molecule has 0 saturated carbocycles. The van der Waals surface area contributed by atoms with Gasteiger partial charge in [-0.2, -0.15) is 4.98 Å². The molecule has 8 heteroatoms. The van der Waals surface area contributed by atoms with Gasteiger partial charge in [0.1, 0.15) is 0 Å². The van der Waals surface area contributed by atoms with Gasteiger partial charge in [0, 0.05) is 51.5 Å². The Morgan fingerprint density at radius 2 is 1.94 bits per heavy atom. The molecule has 0 radical (unpaired) electrons. The monoisotopic (exact) mass is 445 g/mol. The van der Waals surface area contributed by atoms with Gasteiger partial charge in [0.2, 0.25) is 17.7 Å². The first-order chi connectivity index (χ1) is 15.3. The highest BCUT2D eigenvalue weighted by molar-refractivity contribution is 5.77. The summed E-state index contributed by atoms with van der Waals surface area (Å²) in [6.45, 7) is 10.8. The van der Waals surface area contributed by atoms with Crippen molar-refractivity contribution >= 4 is 17.8 Å². The number of nitrogens with one attached hydrogen (secondary N) is 1. The van der Waals surface area contributed by atoms with E-state index in [1.807, 2.05) is 6.92 Å². The third-order valence-electron chi connectivity index (χ3n) is 7.64. The maximum absolute atomic E-state index is 13.4. The standard InChI is InChI=1S/C24H39N5O3/c1-15(2)20-9-8-16(3)10-23(31)29-13-18-11-19(21(29)6-5-7-22(30)26-20)14-28(12-18)24-25-17(4)32-27-24/h15-16,18-21H,5-14H2,1-4H3,(H,26,30)/t16-,18+,19-,20+,21+/m1/s1. The molecule has 1 N–H and O–H groups in total. The van der Waals surface area contributed by atoms with E-state index in [4.69, 9.17) is 4.52 Å². The van der Waals surface area contributed by atoms with Gasteiger partial charge in [-0.15, -0.1) is 0 Å². The predicted octanol–water partition coefficient (Wildman–Crippen LogP) is 3.16. The van der Waals surface area contributed by atoms with Gasteiger partial charge < -0.3 is 19.6 Å². The largest absolute Gasteiger partial charge is 0.353 e. The SMILES string of the molecule is Cc1nc(N2C[C@@H]3C[C@H](C2)[C@@H]2CCCC(=O)N[C@H](C(C)C)CC[C@@H](C)CC(=O)N2C3)no1. The quantitative estimate of drug-likeness (QED) is 0.752. The van der Waals surface area contributed by atoms with E-state index in [1.54, 1.807) is 0 Å². The van der Waals surface area contributed by atoms with E-state index >= 15 is 0 Å². The second-order valence-corrected chi connectivity index (χ2v) is 10.7. The third-order valence-corrected chi connectivity index (χ3v) is 7.64. The van der Waals surface area contributed by atoms with Gasteiger partial charge in [0.25, 0.3) is 5.95 Å². The molecule has 178 valence electrons. The van der Waals surface area contributed by atoms with E-state index in [0.717, 1.165) is 51.7 Å². The van der Waals surface area contributed by atoms with Gasteiger partial charge >= 0.3 is 0 Å². The summed E-state index contributed by atoms with van der Waals surface area (Å²) in [5.74, 6) is 3.20. The minimum Gasteiger partial charge on any atom is -0.353 e. The minimum absolute atomic E-state index is 0.148. The number of fused-ring (bicyclic) bond motifs is 4. The van der Waals surface area contributed by atoms with Gasteiger partial charge in [-0.1, -0.05) is 20.8 Å². The maximum Gasteiger partial charge on any atom is 0.266 e. The van der Waals surface area contributed by atoms with E-state index in [0.29, 0.717) is 54.3 Å². The van der Waals surface area contributed by atoms with Gasteiger partial charge in [-0.25, -0.2) is 0 Å². The normalized spacial score (nSPS) is 32.6. The summed E-state index contributed by atoms with van der Waals surface area (Å²) < 4.78 is 5.21. The van der Waals surface area contributed by atoms with Crippen LogP contribution in [-0.4, -0.2) is 58.6 Å². The molecule has 8 nitrogen and oxygen atoms in total. The Bertz CT molecular complexity index is 809. The molecule has 3 aliphatic heterocycles. The van der Waals surface area contributed by atoms with Crippen LogP contribution in [0.3, 0.4) is 0 Å². The van der Waals surface area contributed by atoms with Crippen molar-refractivity contribution in [2.75, 3.05) is 24.5 Å². The summed E-state index contributed by atoms with van der Waals surface area (Å²) in [6.07, 6.45) is 5.83. The number of carbonyl (C=O) groups is 2. The van der Waals surface area contributed by atoms with Gasteiger partial charge in [0.05, 0.1) is 0 Å². The number of anilines is 1. The smallest absolute Gasteiger partial charge is 0.266 e. The lowest BCUT2D eigenvalue weighted by Crippen LogP contribution is -2.59. The van der Waals surface area contributed by atoms with Crippen LogP contribution < -0.4 is 10.2 Å². The number of hydrogen-bond acceptors (Lipinski definition) is 6. The van der Waals surface area contributed by atoms with Crippen molar-refractivity contribution in [3.63, 3.8) is 0 Å². The average Bonchev–Trinajstić information content (AvgIpc) is 3.17. The van der Waals surface area contributed by atoms with E-state index in [2.05, 4.69) is 46.0 Å². The molecule has 4 rings (SSSR count). The van der Waals surface area contributed by atoms with Crippen LogP contribution in [0.1, 0.15) is 71.6 Å². The molecule has 2 amide bonds. The zero-order valence-corrected chi connectivity index (χ0v) is 20.0. The molecule has 0 aromatic carbocycles. The average molecular weight is 446 g/mol. The van der Waals surface area contributed by atoms with E-state index in [1.165, 1.54) is 0 Å². The van der Waals surface area contributed by atoms with Crippen LogP contribution in [0.4, 0.5) is 5.95 Å². The zero-order valence-electron chi connectivity index (χ0n) is 20.0. The van der Waals surface area contributed by atoms with Crippen molar-refractivity contribution in [1.82, 2.24) is 20.4 Å². The van der Waals surface area contributed by atoms with E-state index in [-0.39, 0.29) is 18.0 Å². The molecule has 0 unspecified atom stereocenters. The zero-order chi connectivity index (χ0) is 22.8. The topological polar surface area (TPSA) is 91.6 Å². The summed E-state index contributed by atoms with van der Waals surface area (Å²) in [7, 11) is 0. The molecule has 0 spiro atoms. The second-order valence-electron chi connectivity index (χ2n) is 10.7. The van der Waals surface area contributed by atoms with Crippen molar-refractivity contribution in [3.05, 3.63) is 5.89 Å². The molecule has 3 fully saturated rings. The number of aromatic nitrogens is 2. The lowest BCUT2D eigenvalue weighted by molar-refractivity contribution is -0.139. The third kappa shape index (κ3) is 5.26. The second kappa shape index (κ2) is 9.79. The number of carbonyl (C=O) groups excluding carboxylic acids is 2. The summed E-state index contributed by atoms with van der Waals surface area (Å²) in [5.41, 5.74) is 0. The number of aryl methyl sites for hydroxylation is 1. The summed E-state index contributed by atoms with van der Waals surface area (Å²) in [4.78, 5) is 34.9. The number of amides is 2. The molecule has 3 aliphatic rings. The van der Waals surface area contributed by atoms with Gasteiger partial charge in [0.15, 0.2) is 0 Å². The number of nitrogens with zero attached hydrogens (tertiary/aromatic N) is 4. The highest BCUT2D eigenvalue weighted by atomic mass is 16.5. The van der Waals surface area contributed by atoms with Gasteiger partial charge in [-0.3, -0.25) is 9.59 Å². The van der Waals surface area contributed by atoms with Gasteiger partial charge in [-0.05, 0) is 60.9 Å². The Morgan fingerprint density at radius 1 is 1.12 bits per heavy atom. The molecule has 2 bridgehead atoms. The first kappa shape index (κ1) is 23.1. The molecule has 1 aromatic rings. The molecule has 4 heterocycles. The Morgan fingerprint density at radius 3 is 2.66 bits per heavy atom. The van der Waals surface area contributed by atoms with Crippen LogP contribution in [-0.2, 0) is 9.59 Å². The first-order valence-electron chi connectivity index (χ1n) is 12.4. The molecule has 5 atom stereocenters. The van der Waals surface area contributed by atoms with Crippen molar-refractivity contribution in [2.24, 2.45) is 23.7 Å². The molecule has 1 aromatic heterocycles. The Hall–Kier alpha value is -2.12. The Labute approximate surface area is 191 Å². The number of piperidine rings is 2. The molecular weight excluding hydrogens is 406 g/mol. The summed E-state index contributed by atoms with van der Waals surface area (Å²) in [5, 5.41) is 7.39. The summed E-state index contributed by atoms with van der Waals surface area (Å²) >= 11 is 0. The lowest BCUT2D eigenvalue weighted by Gasteiger charge is -2.51. The van der Waals surface area contributed by atoms with Crippen molar-refractivity contribution < 1.29 is 14.1 Å². The van der Waals surface area contributed by atoms with Crippen LogP contribution in [0.25, 0.3) is 0 Å². The highest BCUT2D eigenvalue weighted by Gasteiger charge is 2.43. The Kier molecular flexibility index (Phi) is 7.05. The highest BCUT2D eigenvalue weighted by Crippen LogP contribution is 2.37. The number of rotatable bonds is 2. The summed E-state index contributed by atoms with van der Waals surface area (Å²) in [6, 6.07) is 0.366. The molecule has 3 saturated heterocycles. The van der Waals surface area contributed by atoms with Crippen LogP contribution >= 0.6 is 0 Å². The molecule has 0 aliphatic carbocycles. The fourth-order valence-electron chi connectivity index (χ4n) is 5.89. The van der Waals surface area contributed by atoms with E-state index < -0.39 is 0 Å². The van der Waals surface area contributed by atoms with Crippen molar-refractivity contribution in [2.45, 2.75) is 84.7 Å². The fourth-order valence-corrected chi connectivity index (χ4v) is 5.89. The molecular formula is C24H39N5O3. The fraction of sp³-hybridized carbons (Fsp3) is 0.833. The number of hydrogen-bond donors (Lipinski definition) is 1. The van der Waals surface area contributed by atoms with E-state index in [9.17, 15) is 9.59 Å². The maximum atomic E-state index is 13.4.